The number of hydrogen-bond donors (Lipinski definition) is 1. The highest BCUT2D eigenvalue weighted by atomic mass is 16.5. The predicted octanol–water partition coefficient (Wildman–Crippen LogP) is 3.64. The zero-order chi connectivity index (χ0) is 15.5. The van der Waals surface area contributed by atoms with Crippen LogP contribution in [0.1, 0.15) is 45.1 Å². The third-order valence-corrected chi connectivity index (χ3v) is 3.27. The molecule has 0 saturated carbocycles. The van der Waals surface area contributed by atoms with E-state index in [0.717, 1.165) is 61.7 Å². The van der Waals surface area contributed by atoms with Crippen molar-refractivity contribution in [2.24, 2.45) is 4.99 Å². The molecule has 4 nitrogen and oxygen atoms in total. The maximum atomic E-state index is 5.46. The average Bonchev–Trinajstić information content (AvgIpc) is 2.53. The minimum Gasteiger partial charge on any atom is -0.497 e. The Morgan fingerprint density at radius 3 is 2.48 bits per heavy atom. The molecule has 118 valence electrons. The molecule has 0 atom stereocenters. The van der Waals surface area contributed by atoms with E-state index < -0.39 is 0 Å². The van der Waals surface area contributed by atoms with E-state index in [1.165, 1.54) is 0 Å². The molecule has 4 heteroatoms. The van der Waals surface area contributed by atoms with E-state index in [0.29, 0.717) is 0 Å². The maximum Gasteiger partial charge on any atom is 0.132 e. The third-order valence-electron chi connectivity index (χ3n) is 3.27. The SMILES string of the molecule is CCCCN=C(NCCCC)c1cc(OC)ccc1OC. The Morgan fingerprint density at radius 1 is 1.10 bits per heavy atom. The highest BCUT2D eigenvalue weighted by Crippen LogP contribution is 2.24. The summed E-state index contributed by atoms with van der Waals surface area (Å²) in [6, 6.07) is 5.80. The van der Waals surface area contributed by atoms with Gasteiger partial charge in [0, 0.05) is 13.1 Å². The molecule has 1 rings (SSSR count). The first kappa shape index (κ1) is 17.3. The van der Waals surface area contributed by atoms with Gasteiger partial charge in [-0.25, -0.2) is 0 Å². The van der Waals surface area contributed by atoms with E-state index in [1.54, 1.807) is 14.2 Å². The number of nitrogens with zero attached hydrogens (tertiary/aromatic N) is 1. The summed E-state index contributed by atoms with van der Waals surface area (Å²) in [4.78, 5) is 4.71. The maximum absolute atomic E-state index is 5.46. The summed E-state index contributed by atoms with van der Waals surface area (Å²) in [6.07, 6.45) is 4.51. The van der Waals surface area contributed by atoms with E-state index >= 15 is 0 Å². The summed E-state index contributed by atoms with van der Waals surface area (Å²) >= 11 is 0. The van der Waals surface area contributed by atoms with Gasteiger partial charge in [0.05, 0.1) is 19.8 Å². The Morgan fingerprint density at radius 2 is 1.86 bits per heavy atom. The van der Waals surface area contributed by atoms with Gasteiger partial charge in [0.25, 0.3) is 0 Å². The number of nitrogens with one attached hydrogen (secondary N) is 1. The smallest absolute Gasteiger partial charge is 0.132 e. The number of unbranched alkanes of at least 4 members (excludes halogenated alkanes) is 2. The Balaban J connectivity index is 3.01. The van der Waals surface area contributed by atoms with Crippen molar-refractivity contribution in [1.29, 1.82) is 0 Å². The van der Waals surface area contributed by atoms with Gasteiger partial charge < -0.3 is 14.8 Å². The molecular weight excluding hydrogens is 264 g/mol. The predicted molar refractivity (Wildman–Crippen MR) is 88.8 cm³/mol. The quantitative estimate of drug-likeness (QED) is 0.429. The lowest BCUT2D eigenvalue weighted by molar-refractivity contribution is 0.402. The second-order valence-electron chi connectivity index (χ2n) is 4.93. The van der Waals surface area contributed by atoms with E-state index in [1.807, 2.05) is 18.2 Å². The fourth-order valence-corrected chi connectivity index (χ4v) is 1.97. The number of hydrogen-bond acceptors (Lipinski definition) is 3. The third kappa shape index (κ3) is 5.66. The number of methoxy groups -OCH3 is 2. The average molecular weight is 292 g/mol. The second-order valence-corrected chi connectivity index (χ2v) is 4.93. The monoisotopic (exact) mass is 292 g/mol. The lowest BCUT2D eigenvalue weighted by atomic mass is 10.1. The van der Waals surface area contributed by atoms with Crippen LogP contribution < -0.4 is 14.8 Å². The Bertz CT molecular complexity index is 444. The summed E-state index contributed by atoms with van der Waals surface area (Å²) in [7, 11) is 3.35. The molecule has 0 aromatic heterocycles. The molecule has 0 radical (unpaired) electrons. The van der Waals surface area contributed by atoms with Crippen LogP contribution in [0, 0.1) is 0 Å². The summed E-state index contributed by atoms with van der Waals surface area (Å²) in [5, 5.41) is 3.44. The normalized spacial score (nSPS) is 11.3. The molecule has 0 saturated heterocycles. The van der Waals surface area contributed by atoms with E-state index in [4.69, 9.17) is 14.5 Å². The van der Waals surface area contributed by atoms with Crippen LogP contribution in [0.4, 0.5) is 0 Å². The summed E-state index contributed by atoms with van der Waals surface area (Å²) in [5.74, 6) is 2.52. The molecule has 1 N–H and O–H groups in total. The molecule has 0 aliphatic carbocycles. The van der Waals surface area contributed by atoms with Gasteiger partial charge in [-0.15, -0.1) is 0 Å². The first-order chi connectivity index (χ1) is 10.3. The van der Waals surface area contributed by atoms with Gasteiger partial charge in [-0.1, -0.05) is 26.7 Å². The highest BCUT2D eigenvalue weighted by molar-refractivity contribution is 6.01. The molecular formula is C17H28N2O2. The van der Waals surface area contributed by atoms with Crippen molar-refractivity contribution in [1.82, 2.24) is 5.32 Å². The number of benzene rings is 1. The zero-order valence-electron chi connectivity index (χ0n) is 13.7. The number of rotatable bonds is 9. The number of ether oxygens (including phenoxy) is 2. The van der Waals surface area contributed by atoms with E-state index in [2.05, 4.69) is 19.2 Å². The Labute approximate surface area is 128 Å². The van der Waals surface area contributed by atoms with Crippen LogP contribution in [0.25, 0.3) is 0 Å². The molecule has 0 bridgehead atoms. The van der Waals surface area contributed by atoms with E-state index in [9.17, 15) is 0 Å². The van der Waals surface area contributed by atoms with Crippen LogP contribution in [-0.4, -0.2) is 33.1 Å². The molecule has 0 aliphatic rings. The molecule has 1 aromatic carbocycles. The van der Waals surface area contributed by atoms with Crippen molar-refractivity contribution in [3.63, 3.8) is 0 Å². The first-order valence-electron chi connectivity index (χ1n) is 7.77. The largest absolute Gasteiger partial charge is 0.497 e. The van der Waals surface area contributed by atoms with Crippen LogP contribution in [0.3, 0.4) is 0 Å². The molecule has 0 heterocycles. The molecule has 0 amide bonds. The zero-order valence-corrected chi connectivity index (χ0v) is 13.7. The fraction of sp³-hybridized carbons (Fsp3) is 0.588. The lowest BCUT2D eigenvalue weighted by Gasteiger charge is -2.14. The minimum atomic E-state index is 0.811. The van der Waals surface area contributed by atoms with Crippen molar-refractivity contribution in [3.8, 4) is 11.5 Å². The van der Waals surface area contributed by atoms with Crippen LogP contribution in [-0.2, 0) is 0 Å². The molecule has 1 aromatic rings. The molecule has 21 heavy (non-hydrogen) atoms. The van der Waals surface area contributed by atoms with Crippen molar-refractivity contribution >= 4 is 5.84 Å². The van der Waals surface area contributed by atoms with E-state index in [-0.39, 0.29) is 0 Å². The van der Waals surface area contributed by atoms with Crippen LogP contribution >= 0.6 is 0 Å². The molecule has 0 spiro atoms. The number of amidine groups is 1. The fourth-order valence-electron chi connectivity index (χ4n) is 1.97. The van der Waals surface area contributed by atoms with Gasteiger partial charge in [-0.05, 0) is 31.0 Å². The van der Waals surface area contributed by atoms with Gasteiger partial charge in [0.1, 0.15) is 17.3 Å². The van der Waals surface area contributed by atoms with Gasteiger partial charge >= 0.3 is 0 Å². The second kappa shape index (κ2) is 10.1. The van der Waals surface area contributed by atoms with Crippen molar-refractivity contribution in [2.45, 2.75) is 39.5 Å². The van der Waals surface area contributed by atoms with Gasteiger partial charge in [0.15, 0.2) is 0 Å². The summed E-state index contributed by atoms with van der Waals surface area (Å²) in [6.45, 7) is 6.10. The standard InChI is InChI=1S/C17H28N2O2/c1-5-7-11-18-17(19-12-8-6-2)15-13-14(20-3)9-10-16(15)21-4/h9-10,13H,5-8,11-12H2,1-4H3,(H,18,19). The van der Waals surface area contributed by atoms with Crippen LogP contribution in [0.5, 0.6) is 11.5 Å². The van der Waals surface area contributed by atoms with Crippen molar-refractivity contribution in [3.05, 3.63) is 23.8 Å². The minimum absolute atomic E-state index is 0.811. The van der Waals surface area contributed by atoms with Crippen LogP contribution in [0.15, 0.2) is 23.2 Å². The molecule has 0 fully saturated rings. The van der Waals surface area contributed by atoms with Gasteiger partial charge in [-0.3, -0.25) is 4.99 Å². The van der Waals surface area contributed by atoms with Crippen molar-refractivity contribution < 1.29 is 9.47 Å². The Hall–Kier alpha value is -1.71. The summed E-state index contributed by atoms with van der Waals surface area (Å²) in [5.41, 5.74) is 0.962. The highest BCUT2D eigenvalue weighted by Gasteiger charge is 2.11. The molecule has 0 aliphatic heterocycles. The van der Waals surface area contributed by atoms with Crippen LogP contribution in [0.2, 0.25) is 0 Å². The Kier molecular flexibility index (Phi) is 8.32. The number of aliphatic imine (C=N–C) groups is 1. The van der Waals surface area contributed by atoms with Crippen molar-refractivity contribution in [2.75, 3.05) is 27.3 Å². The topological polar surface area (TPSA) is 42.9 Å². The first-order valence-corrected chi connectivity index (χ1v) is 7.77. The summed E-state index contributed by atoms with van der Waals surface area (Å²) < 4.78 is 10.8. The molecule has 0 unspecified atom stereocenters. The van der Waals surface area contributed by atoms with Gasteiger partial charge in [-0.2, -0.15) is 0 Å². The van der Waals surface area contributed by atoms with Gasteiger partial charge in [0.2, 0.25) is 0 Å². The lowest BCUT2D eigenvalue weighted by Crippen LogP contribution is -2.26.